The maximum atomic E-state index is 4.92. The van der Waals surface area contributed by atoms with Gasteiger partial charge in [-0.3, -0.25) is 0 Å². The third-order valence-electron chi connectivity index (χ3n) is 6.17. The molecule has 1 unspecified atom stereocenters. The highest BCUT2D eigenvalue weighted by atomic mass is 15.4. The fraction of sp³-hybridized carbons (Fsp3) is 0.667. The van der Waals surface area contributed by atoms with Gasteiger partial charge in [-0.15, -0.1) is 25.5 Å². The highest BCUT2D eigenvalue weighted by Gasteiger charge is 2.29. The molecular weight excluding hydrogens is 364 g/mol. The molecule has 29 heavy (non-hydrogen) atoms. The maximum Gasteiger partial charge on any atom is 0.178 e. The number of anilines is 1. The quantitative estimate of drug-likeness (QED) is 0.665. The highest BCUT2D eigenvalue weighted by molar-refractivity contribution is 5.47. The van der Waals surface area contributed by atoms with Crippen LogP contribution in [0.4, 0.5) is 5.82 Å². The molecule has 2 aliphatic heterocycles. The van der Waals surface area contributed by atoms with Crippen LogP contribution in [0.5, 0.6) is 0 Å². The lowest BCUT2D eigenvalue weighted by Gasteiger charge is -2.33. The zero-order chi connectivity index (χ0) is 20.0. The Labute approximate surface area is 171 Å². The molecule has 154 valence electrons. The first-order chi connectivity index (χ1) is 14.0. The normalized spacial score (nSPS) is 20.7. The second kappa shape index (κ2) is 7.07. The summed E-state index contributed by atoms with van der Waals surface area (Å²) >= 11 is 0. The zero-order valence-electron chi connectivity index (χ0n) is 17.7. The van der Waals surface area contributed by atoms with Crippen LogP contribution in [0.2, 0.25) is 0 Å². The Balaban J connectivity index is 1.43. The van der Waals surface area contributed by atoms with Crippen LogP contribution in [-0.4, -0.2) is 47.7 Å². The van der Waals surface area contributed by atoms with E-state index < -0.39 is 0 Å². The van der Waals surface area contributed by atoms with Gasteiger partial charge in [-0.1, -0.05) is 27.2 Å². The Hall–Kier alpha value is -2.51. The summed E-state index contributed by atoms with van der Waals surface area (Å²) in [6, 6.07) is 4.10. The summed E-state index contributed by atoms with van der Waals surface area (Å²) in [7, 11) is 0. The number of nitrogens with zero attached hydrogens (tertiary/aromatic N) is 8. The molecule has 1 atom stereocenters. The van der Waals surface area contributed by atoms with Gasteiger partial charge in [0.1, 0.15) is 17.5 Å². The van der Waals surface area contributed by atoms with E-state index in [1.54, 1.807) is 0 Å². The van der Waals surface area contributed by atoms with Crippen molar-refractivity contribution < 1.29 is 0 Å². The third kappa shape index (κ3) is 3.38. The zero-order valence-corrected chi connectivity index (χ0v) is 17.7. The standard InChI is InChI=1S/C21H30N8/c1-21(2,3)20-25-23-17-10-11-18(26-29(17)20)27-12-7-8-15(14-27)19-24-22-16-9-5-4-6-13-28(16)19/h10-11,15H,4-9,12-14H2,1-3H3. The largest absolute Gasteiger partial charge is 0.354 e. The number of rotatable bonds is 2. The van der Waals surface area contributed by atoms with E-state index in [-0.39, 0.29) is 5.41 Å². The van der Waals surface area contributed by atoms with E-state index in [1.807, 2.05) is 10.6 Å². The van der Waals surface area contributed by atoms with E-state index in [0.29, 0.717) is 5.92 Å². The average molecular weight is 395 g/mol. The van der Waals surface area contributed by atoms with Crippen LogP contribution in [0.3, 0.4) is 0 Å². The summed E-state index contributed by atoms with van der Waals surface area (Å²) < 4.78 is 4.30. The molecule has 0 N–H and O–H groups in total. The fourth-order valence-corrected chi connectivity index (χ4v) is 4.62. The molecule has 0 amide bonds. The fourth-order valence-electron chi connectivity index (χ4n) is 4.62. The van der Waals surface area contributed by atoms with E-state index in [2.05, 4.69) is 56.7 Å². The molecule has 0 radical (unpaired) electrons. The molecule has 0 saturated carbocycles. The van der Waals surface area contributed by atoms with Gasteiger partial charge >= 0.3 is 0 Å². The molecule has 0 spiro atoms. The summed E-state index contributed by atoms with van der Waals surface area (Å²) in [5.41, 5.74) is 0.698. The topological polar surface area (TPSA) is 77.0 Å². The van der Waals surface area contributed by atoms with Crippen molar-refractivity contribution >= 4 is 11.5 Å². The number of piperidine rings is 1. The van der Waals surface area contributed by atoms with Crippen molar-refractivity contribution in [3.63, 3.8) is 0 Å². The van der Waals surface area contributed by atoms with Gasteiger partial charge in [-0.2, -0.15) is 4.52 Å². The lowest BCUT2D eigenvalue weighted by atomic mass is 9.96. The summed E-state index contributed by atoms with van der Waals surface area (Å²) in [6.45, 7) is 9.45. The van der Waals surface area contributed by atoms with Crippen molar-refractivity contribution in [2.75, 3.05) is 18.0 Å². The summed E-state index contributed by atoms with van der Waals surface area (Å²) in [5.74, 6) is 4.64. The second-order valence-corrected chi connectivity index (χ2v) is 9.46. The van der Waals surface area contributed by atoms with E-state index in [1.165, 1.54) is 30.9 Å². The molecule has 1 saturated heterocycles. The minimum Gasteiger partial charge on any atom is -0.354 e. The van der Waals surface area contributed by atoms with Crippen LogP contribution >= 0.6 is 0 Å². The van der Waals surface area contributed by atoms with Crippen molar-refractivity contribution in [2.45, 2.75) is 77.2 Å². The predicted octanol–water partition coefficient (Wildman–Crippen LogP) is 3.12. The van der Waals surface area contributed by atoms with Gasteiger partial charge in [0, 0.05) is 37.4 Å². The highest BCUT2D eigenvalue weighted by Crippen LogP contribution is 2.30. The SMILES string of the molecule is CC(C)(C)c1nnc2ccc(N3CCCC(c4nnc5n4CCCCC5)C3)nn12. The third-order valence-corrected chi connectivity index (χ3v) is 6.17. The minimum atomic E-state index is -0.103. The molecule has 3 aromatic heterocycles. The average Bonchev–Trinajstić information content (AvgIpc) is 3.25. The van der Waals surface area contributed by atoms with Crippen LogP contribution in [0, 0.1) is 0 Å². The smallest absolute Gasteiger partial charge is 0.178 e. The number of hydrogen-bond acceptors (Lipinski definition) is 6. The number of fused-ring (bicyclic) bond motifs is 2. The molecule has 3 aromatic rings. The Morgan fingerprint density at radius 2 is 1.83 bits per heavy atom. The van der Waals surface area contributed by atoms with Gasteiger partial charge < -0.3 is 9.47 Å². The van der Waals surface area contributed by atoms with Gasteiger partial charge in [-0.25, -0.2) is 0 Å². The van der Waals surface area contributed by atoms with Gasteiger partial charge in [0.05, 0.1) is 0 Å². The molecule has 2 aliphatic rings. The molecule has 0 aliphatic carbocycles. The van der Waals surface area contributed by atoms with E-state index in [9.17, 15) is 0 Å². The van der Waals surface area contributed by atoms with E-state index >= 15 is 0 Å². The van der Waals surface area contributed by atoms with E-state index in [0.717, 1.165) is 56.2 Å². The van der Waals surface area contributed by atoms with Crippen molar-refractivity contribution in [3.8, 4) is 0 Å². The van der Waals surface area contributed by atoms with Crippen molar-refractivity contribution in [1.29, 1.82) is 0 Å². The number of aromatic nitrogens is 7. The molecule has 0 aromatic carbocycles. The van der Waals surface area contributed by atoms with Crippen molar-refractivity contribution in [1.82, 2.24) is 34.6 Å². The second-order valence-electron chi connectivity index (χ2n) is 9.46. The Kier molecular flexibility index (Phi) is 4.52. The predicted molar refractivity (Wildman–Crippen MR) is 111 cm³/mol. The lowest BCUT2D eigenvalue weighted by molar-refractivity contribution is 0.461. The Morgan fingerprint density at radius 3 is 2.69 bits per heavy atom. The van der Waals surface area contributed by atoms with Gasteiger partial charge in [-0.05, 0) is 37.8 Å². The van der Waals surface area contributed by atoms with Crippen molar-refractivity contribution in [2.24, 2.45) is 0 Å². The first-order valence-corrected chi connectivity index (χ1v) is 10.9. The lowest BCUT2D eigenvalue weighted by Crippen LogP contribution is -2.36. The van der Waals surface area contributed by atoms with Crippen molar-refractivity contribution in [3.05, 3.63) is 29.6 Å². The first-order valence-electron chi connectivity index (χ1n) is 10.9. The van der Waals surface area contributed by atoms with Crippen LogP contribution in [0.25, 0.3) is 5.65 Å². The Morgan fingerprint density at radius 1 is 0.931 bits per heavy atom. The summed E-state index contributed by atoms with van der Waals surface area (Å²) in [5, 5.41) is 22.7. The first kappa shape index (κ1) is 18.5. The molecule has 8 nitrogen and oxygen atoms in total. The molecule has 5 rings (SSSR count). The molecule has 8 heteroatoms. The molecule has 1 fully saturated rings. The van der Waals surface area contributed by atoms with Gasteiger partial charge in [0.25, 0.3) is 0 Å². The minimum absolute atomic E-state index is 0.103. The molecular formula is C21H30N8. The van der Waals surface area contributed by atoms with Crippen LogP contribution in [-0.2, 0) is 18.4 Å². The van der Waals surface area contributed by atoms with Crippen LogP contribution in [0.15, 0.2) is 12.1 Å². The maximum absolute atomic E-state index is 4.92. The van der Waals surface area contributed by atoms with Crippen LogP contribution < -0.4 is 4.90 Å². The van der Waals surface area contributed by atoms with Crippen LogP contribution in [0.1, 0.15) is 76.3 Å². The Bertz CT molecular complexity index is 1010. The monoisotopic (exact) mass is 394 g/mol. The van der Waals surface area contributed by atoms with Gasteiger partial charge in [0.15, 0.2) is 11.5 Å². The van der Waals surface area contributed by atoms with Gasteiger partial charge in [0.2, 0.25) is 0 Å². The molecule has 0 bridgehead atoms. The summed E-state index contributed by atoms with van der Waals surface area (Å²) in [6.07, 6.45) is 7.12. The summed E-state index contributed by atoms with van der Waals surface area (Å²) in [4.78, 5) is 2.39. The molecule has 5 heterocycles. The van der Waals surface area contributed by atoms with E-state index in [4.69, 9.17) is 5.10 Å². The number of aryl methyl sites for hydroxylation is 1. The number of hydrogen-bond donors (Lipinski definition) is 0.